The van der Waals surface area contributed by atoms with Gasteiger partial charge in [-0.3, -0.25) is 4.98 Å². The molecule has 2 aromatic heterocycles. The topological polar surface area (TPSA) is 77.4 Å². The minimum Gasteiger partial charge on any atom is -0.494 e. The van der Waals surface area contributed by atoms with Crippen molar-refractivity contribution < 1.29 is 9.15 Å². The molecular weight excluding hydrogens is 364 g/mol. The van der Waals surface area contributed by atoms with E-state index in [0.717, 1.165) is 37.2 Å². The zero-order chi connectivity index (χ0) is 17.9. The second-order valence-electron chi connectivity index (χ2n) is 6.30. The zero-order valence-electron chi connectivity index (χ0n) is 15.0. The number of hydrogen-bond donors (Lipinski definition) is 1. The van der Waals surface area contributed by atoms with E-state index >= 15 is 0 Å². The summed E-state index contributed by atoms with van der Waals surface area (Å²) >= 11 is 0. The highest BCUT2D eigenvalue weighted by molar-refractivity contribution is 5.91. The summed E-state index contributed by atoms with van der Waals surface area (Å²) in [7, 11) is 1.63. The maximum Gasteiger partial charge on any atom is 0.274 e. The maximum absolute atomic E-state index is 6.03. The van der Waals surface area contributed by atoms with Crippen molar-refractivity contribution >= 4 is 29.2 Å². The number of halogens is 1. The molecule has 140 valence electrons. The number of nitrogens with zero attached hydrogens (tertiary/aromatic N) is 3. The van der Waals surface area contributed by atoms with Crippen LogP contribution in [-0.4, -0.2) is 36.2 Å². The molecule has 7 heteroatoms. The van der Waals surface area contributed by atoms with Gasteiger partial charge in [0.25, 0.3) is 5.89 Å². The first-order chi connectivity index (χ1) is 12.7. The van der Waals surface area contributed by atoms with Crippen LogP contribution in [-0.2, 0) is 0 Å². The van der Waals surface area contributed by atoms with E-state index in [1.807, 2.05) is 24.3 Å². The van der Waals surface area contributed by atoms with E-state index in [9.17, 15) is 0 Å². The quantitative estimate of drug-likeness (QED) is 0.684. The molecule has 0 bridgehead atoms. The number of anilines is 1. The van der Waals surface area contributed by atoms with E-state index in [-0.39, 0.29) is 18.4 Å². The van der Waals surface area contributed by atoms with Crippen LogP contribution in [0.1, 0.15) is 24.3 Å². The summed E-state index contributed by atoms with van der Waals surface area (Å²) in [6, 6.07) is 7.95. The molecule has 0 spiro atoms. The fourth-order valence-electron chi connectivity index (χ4n) is 3.14. The van der Waals surface area contributed by atoms with E-state index in [4.69, 9.17) is 14.9 Å². The van der Waals surface area contributed by atoms with Crippen LogP contribution in [0.2, 0.25) is 0 Å². The van der Waals surface area contributed by atoms with Gasteiger partial charge in [-0.25, -0.2) is 0 Å². The second-order valence-corrected chi connectivity index (χ2v) is 6.30. The van der Waals surface area contributed by atoms with Gasteiger partial charge in [0.1, 0.15) is 5.75 Å². The van der Waals surface area contributed by atoms with Gasteiger partial charge in [-0.1, -0.05) is 5.92 Å². The van der Waals surface area contributed by atoms with Crippen LogP contribution >= 0.6 is 12.4 Å². The number of aromatic nitrogens is 2. The highest BCUT2D eigenvalue weighted by Crippen LogP contribution is 2.35. The predicted molar refractivity (Wildman–Crippen MR) is 107 cm³/mol. The molecule has 0 unspecified atom stereocenters. The minimum absolute atomic E-state index is 0. The molecule has 1 aliphatic rings. The van der Waals surface area contributed by atoms with Crippen LogP contribution in [0.5, 0.6) is 5.75 Å². The fraction of sp³-hybridized carbons (Fsp3) is 0.300. The molecule has 1 aromatic carbocycles. The van der Waals surface area contributed by atoms with Crippen molar-refractivity contribution in [1.82, 2.24) is 9.97 Å². The molecule has 3 aromatic rings. The summed E-state index contributed by atoms with van der Waals surface area (Å²) in [5, 5.41) is 0. The van der Waals surface area contributed by atoms with Crippen LogP contribution in [0.4, 0.5) is 5.69 Å². The Morgan fingerprint density at radius 3 is 2.74 bits per heavy atom. The van der Waals surface area contributed by atoms with Gasteiger partial charge < -0.3 is 19.8 Å². The molecular formula is C20H21ClN4O2. The van der Waals surface area contributed by atoms with Gasteiger partial charge in [-0.15, -0.1) is 12.4 Å². The van der Waals surface area contributed by atoms with E-state index in [2.05, 4.69) is 26.7 Å². The molecule has 0 atom stereocenters. The average molecular weight is 385 g/mol. The van der Waals surface area contributed by atoms with Crippen molar-refractivity contribution in [3.05, 3.63) is 48.1 Å². The standard InChI is InChI=1S/C20H20N4O2.ClH/c1-25-17-6-5-16(24-11-8-15(21)9-12-24)20-19(17)23-18(26-20)7-4-14-3-2-10-22-13-14;/h2-3,5-6,10,13,15H,8-9,11-12,21H2,1H3;1H. The first kappa shape index (κ1) is 19.0. The van der Waals surface area contributed by atoms with E-state index in [1.165, 1.54) is 0 Å². The first-order valence-corrected chi connectivity index (χ1v) is 8.64. The van der Waals surface area contributed by atoms with Crippen molar-refractivity contribution in [3.63, 3.8) is 0 Å². The van der Waals surface area contributed by atoms with Crippen LogP contribution in [0, 0.1) is 11.8 Å². The van der Waals surface area contributed by atoms with Crippen molar-refractivity contribution in [1.29, 1.82) is 0 Å². The Morgan fingerprint density at radius 1 is 1.22 bits per heavy atom. The number of fused-ring (bicyclic) bond motifs is 1. The van der Waals surface area contributed by atoms with Crippen molar-refractivity contribution in [2.45, 2.75) is 18.9 Å². The Balaban J connectivity index is 0.00000210. The lowest BCUT2D eigenvalue weighted by Crippen LogP contribution is -2.39. The third-order valence-electron chi connectivity index (χ3n) is 4.56. The van der Waals surface area contributed by atoms with Gasteiger partial charge in [0.2, 0.25) is 0 Å². The van der Waals surface area contributed by atoms with Crippen molar-refractivity contribution in [2.24, 2.45) is 5.73 Å². The number of oxazole rings is 1. The molecule has 27 heavy (non-hydrogen) atoms. The van der Waals surface area contributed by atoms with Crippen LogP contribution in [0.3, 0.4) is 0 Å². The van der Waals surface area contributed by atoms with E-state index in [0.29, 0.717) is 22.7 Å². The molecule has 6 nitrogen and oxygen atoms in total. The number of pyridine rings is 1. The summed E-state index contributed by atoms with van der Waals surface area (Å²) in [6.07, 6.45) is 5.36. The third-order valence-corrected chi connectivity index (χ3v) is 4.56. The lowest BCUT2D eigenvalue weighted by Gasteiger charge is -2.31. The summed E-state index contributed by atoms with van der Waals surface area (Å²) in [5.74, 6) is 7.04. The Labute approximate surface area is 164 Å². The monoisotopic (exact) mass is 384 g/mol. The largest absolute Gasteiger partial charge is 0.494 e. The molecule has 1 saturated heterocycles. The van der Waals surface area contributed by atoms with E-state index in [1.54, 1.807) is 19.5 Å². The molecule has 1 aliphatic heterocycles. The number of hydrogen-bond acceptors (Lipinski definition) is 6. The Morgan fingerprint density at radius 2 is 2.04 bits per heavy atom. The minimum atomic E-state index is 0. The Bertz CT molecular complexity index is 970. The lowest BCUT2D eigenvalue weighted by molar-refractivity contribution is 0.419. The summed E-state index contributed by atoms with van der Waals surface area (Å²) in [5.41, 5.74) is 9.24. The maximum atomic E-state index is 6.03. The number of ether oxygens (including phenoxy) is 1. The van der Waals surface area contributed by atoms with Crippen molar-refractivity contribution in [2.75, 3.05) is 25.1 Å². The number of piperidine rings is 1. The first-order valence-electron chi connectivity index (χ1n) is 8.64. The molecule has 4 rings (SSSR count). The van der Waals surface area contributed by atoms with Crippen molar-refractivity contribution in [3.8, 4) is 17.6 Å². The zero-order valence-corrected chi connectivity index (χ0v) is 15.8. The van der Waals surface area contributed by atoms with Crippen LogP contribution in [0.15, 0.2) is 41.1 Å². The highest BCUT2D eigenvalue weighted by Gasteiger charge is 2.22. The number of nitrogens with two attached hydrogens (primary N) is 1. The summed E-state index contributed by atoms with van der Waals surface area (Å²) in [4.78, 5) is 10.9. The predicted octanol–water partition coefficient (Wildman–Crippen LogP) is 2.98. The summed E-state index contributed by atoms with van der Waals surface area (Å²) < 4.78 is 11.4. The van der Waals surface area contributed by atoms with Gasteiger partial charge in [-0.05, 0) is 43.0 Å². The lowest BCUT2D eigenvalue weighted by atomic mass is 10.1. The molecule has 0 radical (unpaired) electrons. The number of benzene rings is 1. The van der Waals surface area contributed by atoms with E-state index < -0.39 is 0 Å². The number of methoxy groups -OCH3 is 1. The Hall–Kier alpha value is -2.75. The molecule has 0 saturated carbocycles. The molecule has 0 aliphatic carbocycles. The molecule has 2 N–H and O–H groups in total. The normalized spacial score (nSPS) is 14.4. The highest BCUT2D eigenvalue weighted by atomic mass is 35.5. The van der Waals surface area contributed by atoms with Gasteiger partial charge >= 0.3 is 0 Å². The number of rotatable bonds is 2. The Kier molecular flexibility index (Phi) is 5.84. The smallest absolute Gasteiger partial charge is 0.274 e. The van der Waals surface area contributed by atoms with Gasteiger partial charge in [-0.2, -0.15) is 4.98 Å². The second kappa shape index (κ2) is 8.30. The molecule has 0 amide bonds. The molecule has 3 heterocycles. The fourth-order valence-corrected chi connectivity index (χ4v) is 3.14. The SMILES string of the molecule is COc1ccc(N2CCC(N)CC2)c2oc(C#Cc3cccnc3)nc12.Cl. The molecule has 1 fully saturated rings. The van der Waals surface area contributed by atoms with Gasteiger partial charge in [0.15, 0.2) is 11.1 Å². The third kappa shape index (κ3) is 4.00. The average Bonchev–Trinajstić information content (AvgIpc) is 3.11. The summed E-state index contributed by atoms with van der Waals surface area (Å²) in [6.45, 7) is 1.81. The van der Waals surface area contributed by atoms with Gasteiger partial charge in [0.05, 0.1) is 12.8 Å². The van der Waals surface area contributed by atoms with Crippen LogP contribution in [0.25, 0.3) is 11.1 Å². The van der Waals surface area contributed by atoms with Crippen LogP contribution < -0.4 is 15.4 Å². The van der Waals surface area contributed by atoms with Gasteiger partial charge in [0, 0.05) is 37.1 Å².